The lowest BCUT2D eigenvalue weighted by atomic mass is 9.59. The largest absolute Gasteiger partial charge is 0.453 e. The Bertz CT molecular complexity index is 1010. The summed E-state index contributed by atoms with van der Waals surface area (Å²) in [4.78, 5) is 0. The molecular formula is C21H21ClFN3O. The highest BCUT2D eigenvalue weighted by molar-refractivity contribution is 6.31. The highest BCUT2D eigenvalue weighted by Crippen LogP contribution is 2.54. The van der Waals surface area contributed by atoms with Gasteiger partial charge in [0.2, 0.25) is 5.65 Å². The Morgan fingerprint density at radius 1 is 1.00 bits per heavy atom. The molecule has 0 aliphatic heterocycles. The summed E-state index contributed by atoms with van der Waals surface area (Å²) < 4.78 is 22.7. The third-order valence-corrected chi connectivity index (χ3v) is 6.88. The number of benzene rings is 1. The highest BCUT2D eigenvalue weighted by atomic mass is 35.5. The molecule has 3 fully saturated rings. The Hall–Kier alpha value is -2.14. The van der Waals surface area contributed by atoms with E-state index in [1.807, 2.05) is 47.9 Å². The van der Waals surface area contributed by atoms with Crippen LogP contribution < -0.4 is 4.74 Å². The van der Waals surface area contributed by atoms with E-state index >= 15 is 0 Å². The van der Waals surface area contributed by atoms with E-state index in [1.165, 1.54) is 0 Å². The number of hydrogen-bond donors (Lipinski definition) is 0. The second-order valence-corrected chi connectivity index (χ2v) is 8.39. The molecule has 0 unspecified atom stereocenters. The summed E-state index contributed by atoms with van der Waals surface area (Å²) in [5.41, 5.74) is 0.542. The molecule has 140 valence electrons. The Kier molecular flexibility index (Phi) is 3.73. The zero-order valence-corrected chi connectivity index (χ0v) is 16.0. The van der Waals surface area contributed by atoms with Gasteiger partial charge < -0.3 is 4.74 Å². The molecule has 3 aliphatic rings. The zero-order chi connectivity index (χ0) is 18.6. The fourth-order valence-electron chi connectivity index (χ4n) is 4.62. The number of aromatic nitrogens is 3. The van der Waals surface area contributed by atoms with Crippen molar-refractivity contribution < 1.29 is 9.13 Å². The molecule has 1 aromatic carbocycles. The third kappa shape index (κ3) is 2.63. The van der Waals surface area contributed by atoms with Crippen LogP contribution in [0.2, 0.25) is 5.02 Å². The van der Waals surface area contributed by atoms with Gasteiger partial charge >= 0.3 is 0 Å². The maximum atomic E-state index is 14.6. The molecule has 0 radical (unpaired) electrons. The molecule has 27 heavy (non-hydrogen) atoms. The second kappa shape index (κ2) is 5.93. The molecular weight excluding hydrogens is 365 g/mol. The van der Waals surface area contributed by atoms with Gasteiger partial charge in [0.05, 0.1) is 0 Å². The van der Waals surface area contributed by atoms with Gasteiger partial charge in [-0.05, 0) is 69.7 Å². The zero-order valence-electron chi connectivity index (χ0n) is 15.2. The minimum absolute atomic E-state index is 0.0716. The van der Waals surface area contributed by atoms with Crippen LogP contribution in [0.3, 0.4) is 0 Å². The first-order chi connectivity index (χ1) is 13.0. The molecule has 0 atom stereocenters. The molecule has 2 bridgehead atoms. The van der Waals surface area contributed by atoms with Gasteiger partial charge in [0.15, 0.2) is 5.75 Å². The van der Waals surface area contributed by atoms with Gasteiger partial charge in [-0.25, -0.2) is 4.39 Å². The first kappa shape index (κ1) is 17.0. The lowest BCUT2D eigenvalue weighted by Crippen LogP contribution is -2.46. The van der Waals surface area contributed by atoms with Gasteiger partial charge in [-0.15, -0.1) is 10.2 Å². The van der Waals surface area contributed by atoms with Crippen molar-refractivity contribution in [3.8, 4) is 11.5 Å². The summed E-state index contributed by atoms with van der Waals surface area (Å²) in [6.07, 6.45) is 6.36. The average molecular weight is 386 g/mol. The summed E-state index contributed by atoms with van der Waals surface area (Å²) >= 11 is 6.21. The van der Waals surface area contributed by atoms with Gasteiger partial charge in [0.1, 0.15) is 17.2 Å². The van der Waals surface area contributed by atoms with Gasteiger partial charge in [-0.2, -0.15) is 0 Å². The van der Waals surface area contributed by atoms with Crippen LogP contribution in [0.4, 0.5) is 4.39 Å². The number of fused-ring (bicyclic) bond motifs is 4. The van der Waals surface area contributed by atoms with E-state index in [0.717, 1.165) is 30.7 Å². The average Bonchev–Trinajstić information content (AvgIpc) is 3.12. The SMILES string of the molecule is Cc1c(Cl)cccc1Oc1cccn2c(C34CCC(F)(CC3)CC4)nnc12. The van der Waals surface area contributed by atoms with Gasteiger partial charge in [-0.3, -0.25) is 4.40 Å². The summed E-state index contributed by atoms with van der Waals surface area (Å²) in [5.74, 6) is 2.29. The van der Waals surface area contributed by atoms with Crippen LogP contribution in [0.15, 0.2) is 36.5 Å². The Morgan fingerprint density at radius 3 is 2.44 bits per heavy atom. The normalized spacial score (nSPS) is 27.2. The van der Waals surface area contributed by atoms with E-state index in [4.69, 9.17) is 16.3 Å². The van der Waals surface area contributed by atoms with E-state index < -0.39 is 5.67 Å². The minimum Gasteiger partial charge on any atom is -0.453 e. The van der Waals surface area contributed by atoms with Crippen LogP contribution in [0.5, 0.6) is 11.5 Å². The first-order valence-electron chi connectivity index (χ1n) is 9.46. The first-order valence-corrected chi connectivity index (χ1v) is 9.84. The molecule has 6 heteroatoms. The second-order valence-electron chi connectivity index (χ2n) is 7.99. The fourth-order valence-corrected chi connectivity index (χ4v) is 4.79. The van der Waals surface area contributed by atoms with Crippen molar-refractivity contribution in [3.63, 3.8) is 0 Å². The predicted molar refractivity (Wildman–Crippen MR) is 102 cm³/mol. The fraction of sp³-hybridized carbons (Fsp3) is 0.429. The molecule has 2 heterocycles. The highest BCUT2D eigenvalue weighted by Gasteiger charge is 2.51. The monoisotopic (exact) mass is 385 g/mol. The van der Waals surface area contributed by atoms with Crippen molar-refractivity contribution in [3.05, 3.63) is 52.9 Å². The Balaban J connectivity index is 1.55. The van der Waals surface area contributed by atoms with Gasteiger partial charge in [-0.1, -0.05) is 17.7 Å². The summed E-state index contributed by atoms with van der Waals surface area (Å²) in [7, 11) is 0. The number of rotatable bonds is 3. The summed E-state index contributed by atoms with van der Waals surface area (Å²) in [5, 5.41) is 9.63. The van der Waals surface area contributed by atoms with Crippen LogP contribution in [-0.2, 0) is 5.41 Å². The lowest BCUT2D eigenvalue weighted by Gasteiger charge is -2.48. The van der Waals surface area contributed by atoms with Crippen molar-refractivity contribution in [1.82, 2.24) is 14.6 Å². The number of alkyl halides is 1. The van der Waals surface area contributed by atoms with E-state index in [0.29, 0.717) is 41.4 Å². The number of ether oxygens (including phenoxy) is 1. The van der Waals surface area contributed by atoms with E-state index in [9.17, 15) is 4.39 Å². The number of pyridine rings is 1. The predicted octanol–water partition coefficient (Wildman–Crippen LogP) is 5.80. The molecule has 3 aromatic rings. The molecule has 4 nitrogen and oxygen atoms in total. The van der Waals surface area contributed by atoms with E-state index in [-0.39, 0.29) is 5.41 Å². The molecule has 3 aliphatic carbocycles. The third-order valence-electron chi connectivity index (χ3n) is 6.47. The van der Waals surface area contributed by atoms with Crippen LogP contribution in [0.25, 0.3) is 5.65 Å². The topological polar surface area (TPSA) is 39.4 Å². The number of nitrogens with zero attached hydrogens (tertiary/aromatic N) is 3. The van der Waals surface area contributed by atoms with Crippen molar-refractivity contribution in [2.24, 2.45) is 0 Å². The van der Waals surface area contributed by atoms with Crippen molar-refractivity contribution >= 4 is 17.2 Å². The van der Waals surface area contributed by atoms with Crippen LogP contribution in [0.1, 0.15) is 49.9 Å². The van der Waals surface area contributed by atoms with Crippen LogP contribution in [0, 0.1) is 6.92 Å². The molecule has 2 aromatic heterocycles. The van der Waals surface area contributed by atoms with Crippen molar-refractivity contribution in [1.29, 1.82) is 0 Å². The summed E-state index contributed by atoms with van der Waals surface area (Å²) in [6.45, 7) is 1.93. The van der Waals surface area contributed by atoms with E-state index in [1.54, 1.807) is 0 Å². The number of halogens is 2. The van der Waals surface area contributed by atoms with Gasteiger partial charge in [0, 0.05) is 22.2 Å². The maximum absolute atomic E-state index is 14.6. The minimum atomic E-state index is -0.958. The van der Waals surface area contributed by atoms with Crippen molar-refractivity contribution in [2.75, 3.05) is 0 Å². The van der Waals surface area contributed by atoms with Crippen LogP contribution in [-0.4, -0.2) is 20.3 Å². The smallest absolute Gasteiger partial charge is 0.203 e. The molecule has 6 rings (SSSR count). The maximum Gasteiger partial charge on any atom is 0.203 e. The number of hydrogen-bond acceptors (Lipinski definition) is 3. The Morgan fingerprint density at radius 2 is 1.70 bits per heavy atom. The molecule has 0 amide bonds. The molecule has 3 saturated carbocycles. The summed E-state index contributed by atoms with van der Waals surface area (Å²) in [6, 6.07) is 9.43. The molecule has 0 N–H and O–H groups in total. The van der Waals surface area contributed by atoms with Crippen molar-refractivity contribution in [2.45, 2.75) is 56.5 Å². The molecule has 0 saturated heterocycles. The standard InChI is InChI=1S/C21H21ClFN3O/c1-14-15(22)4-2-5-16(14)27-17-6-3-13-26-18(17)24-25-19(26)20-7-10-21(23,11-8-20)12-9-20/h2-6,13H,7-12H2,1H3. The molecule has 0 spiro atoms. The quantitative estimate of drug-likeness (QED) is 0.572. The lowest BCUT2D eigenvalue weighted by molar-refractivity contribution is -0.0000690. The van der Waals surface area contributed by atoms with Crippen LogP contribution >= 0.6 is 11.6 Å². The van der Waals surface area contributed by atoms with Gasteiger partial charge in [0.25, 0.3) is 0 Å². The van der Waals surface area contributed by atoms with E-state index in [2.05, 4.69) is 10.2 Å². The Labute approximate surface area is 162 Å².